The first kappa shape index (κ1) is 10.7. The summed E-state index contributed by atoms with van der Waals surface area (Å²) in [6.45, 7) is 3.49. The highest BCUT2D eigenvalue weighted by atomic mass is 32.2. The van der Waals surface area contributed by atoms with Gasteiger partial charge in [0.05, 0.1) is 4.90 Å². The Labute approximate surface area is 82.8 Å². The lowest BCUT2D eigenvalue weighted by atomic mass is 10.1. The van der Waals surface area contributed by atoms with Crippen LogP contribution < -0.4 is 5.73 Å². The summed E-state index contributed by atoms with van der Waals surface area (Å²) in [6.07, 6.45) is 1.84. The average Bonchev–Trinajstić information content (AvgIpc) is 2.07. The van der Waals surface area contributed by atoms with Gasteiger partial charge in [0.15, 0.2) is 0 Å². The van der Waals surface area contributed by atoms with Gasteiger partial charge in [0.1, 0.15) is 0 Å². The van der Waals surface area contributed by atoms with Crippen molar-refractivity contribution in [2.45, 2.75) is 11.3 Å². The van der Waals surface area contributed by atoms with Crippen LogP contribution in [-0.4, -0.2) is 13.0 Å². The Bertz CT molecular complexity index is 451. The van der Waals surface area contributed by atoms with Crippen LogP contribution in [0.25, 0.3) is 0 Å². The Kier molecular flexibility index (Phi) is 2.93. The molecule has 0 aliphatic heterocycles. The Hall–Kier alpha value is -1.33. The molecule has 0 saturated heterocycles. The molecule has 0 fully saturated rings. The van der Waals surface area contributed by atoms with E-state index < -0.39 is 10.1 Å². The molecule has 0 heterocycles. The maximum Gasteiger partial charge on any atom is 0.294 e. The number of nitrogen functional groups attached to an aromatic ring is 1. The molecule has 0 aliphatic rings. The summed E-state index contributed by atoms with van der Waals surface area (Å²) in [5.74, 6) is 0. The van der Waals surface area contributed by atoms with Gasteiger partial charge >= 0.3 is 0 Å². The van der Waals surface area contributed by atoms with Crippen molar-refractivity contribution >= 4 is 15.8 Å². The molecule has 5 heteroatoms. The van der Waals surface area contributed by atoms with Crippen molar-refractivity contribution in [1.82, 2.24) is 0 Å². The van der Waals surface area contributed by atoms with E-state index in [1.54, 1.807) is 6.07 Å². The van der Waals surface area contributed by atoms with Crippen LogP contribution in [0.3, 0.4) is 0 Å². The molecule has 76 valence electrons. The quantitative estimate of drug-likeness (QED) is 0.450. The van der Waals surface area contributed by atoms with E-state index in [2.05, 4.69) is 6.58 Å². The van der Waals surface area contributed by atoms with E-state index in [0.29, 0.717) is 17.7 Å². The lowest BCUT2D eigenvalue weighted by Crippen LogP contribution is -2.05. The van der Waals surface area contributed by atoms with Gasteiger partial charge in [-0.3, -0.25) is 4.55 Å². The van der Waals surface area contributed by atoms with Gasteiger partial charge < -0.3 is 5.73 Å². The molecule has 4 nitrogen and oxygen atoms in total. The predicted octanol–water partition coefficient (Wildman–Crippen LogP) is 1.24. The van der Waals surface area contributed by atoms with Gasteiger partial charge in [0.2, 0.25) is 0 Å². The molecule has 0 spiro atoms. The van der Waals surface area contributed by atoms with Crippen LogP contribution in [0.2, 0.25) is 0 Å². The monoisotopic (exact) mass is 213 g/mol. The normalized spacial score (nSPS) is 11.2. The molecule has 3 N–H and O–H groups in total. The summed E-state index contributed by atoms with van der Waals surface area (Å²) >= 11 is 0. The summed E-state index contributed by atoms with van der Waals surface area (Å²) in [7, 11) is -4.21. The van der Waals surface area contributed by atoms with Gasteiger partial charge in [0, 0.05) is 5.69 Å². The van der Waals surface area contributed by atoms with Crippen LogP contribution in [0, 0.1) is 0 Å². The van der Waals surface area contributed by atoms with Crippen LogP contribution in [0.15, 0.2) is 35.7 Å². The van der Waals surface area contributed by atoms with Crippen molar-refractivity contribution in [2.24, 2.45) is 0 Å². The highest BCUT2D eigenvalue weighted by molar-refractivity contribution is 7.85. The fourth-order valence-electron chi connectivity index (χ4n) is 1.19. The first-order valence-corrected chi connectivity index (χ1v) is 5.36. The molecular weight excluding hydrogens is 202 g/mol. The second-order valence-corrected chi connectivity index (χ2v) is 4.18. The molecule has 1 rings (SSSR count). The molecule has 0 aromatic heterocycles. The van der Waals surface area contributed by atoms with Crippen LogP contribution in [0.5, 0.6) is 0 Å². The maximum absolute atomic E-state index is 10.9. The lowest BCUT2D eigenvalue weighted by molar-refractivity contribution is 0.482. The zero-order valence-corrected chi connectivity index (χ0v) is 8.29. The smallest absolute Gasteiger partial charge is 0.294 e. The summed E-state index contributed by atoms with van der Waals surface area (Å²) in [6, 6.07) is 4.36. The summed E-state index contributed by atoms with van der Waals surface area (Å²) < 4.78 is 30.8. The standard InChI is InChI=1S/C9H11NO3S/c1-2-4-7-8(10)5-3-6-9(7)14(11,12)13/h2-3,5-6H,1,4,10H2,(H,11,12,13). The SMILES string of the molecule is C=CCc1c(N)cccc1S(=O)(=O)O. The molecule has 0 atom stereocenters. The van der Waals surface area contributed by atoms with Gasteiger partial charge in [-0.2, -0.15) is 8.42 Å². The average molecular weight is 213 g/mol. The van der Waals surface area contributed by atoms with E-state index >= 15 is 0 Å². The Balaban J connectivity index is 3.43. The third kappa shape index (κ3) is 2.12. The molecule has 0 unspecified atom stereocenters. The molecule has 14 heavy (non-hydrogen) atoms. The minimum absolute atomic E-state index is 0.155. The minimum atomic E-state index is -4.21. The van der Waals surface area contributed by atoms with Crippen LogP contribution in [0.4, 0.5) is 5.69 Å². The van der Waals surface area contributed by atoms with Crippen molar-refractivity contribution in [3.63, 3.8) is 0 Å². The molecule has 1 aromatic carbocycles. The highest BCUT2D eigenvalue weighted by Crippen LogP contribution is 2.22. The fourth-order valence-corrected chi connectivity index (χ4v) is 1.95. The van der Waals surface area contributed by atoms with Crippen molar-refractivity contribution in [2.75, 3.05) is 5.73 Å². The van der Waals surface area contributed by atoms with E-state index in [-0.39, 0.29) is 4.90 Å². The summed E-state index contributed by atoms with van der Waals surface area (Å²) in [5, 5.41) is 0. The molecular formula is C9H11NO3S. The second-order valence-electron chi connectivity index (χ2n) is 2.79. The van der Waals surface area contributed by atoms with Gasteiger partial charge in [-0.25, -0.2) is 0 Å². The molecule has 0 radical (unpaired) electrons. The van der Waals surface area contributed by atoms with Gasteiger partial charge in [-0.05, 0) is 24.1 Å². The minimum Gasteiger partial charge on any atom is -0.398 e. The predicted molar refractivity (Wildman–Crippen MR) is 54.6 cm³/mol. The number of rotatable bonds is 3. The summed E-state index contributed by atoms with van der Waals surface area (Å²) in [5.41, 5.74) is 6.29. The third-order valence-electron chi connectivity index (χ3n) is 1.80. The van der Waals surface area contributed by atoms with Gasteiger partial charge in [-0.1, -0.05) is 12.1 Å². The fraction of sp³-hybridized carbons (Fsp3) is 0.111. The van der Waals surface area contributed by atoms with E-state index in [1.807, 2.05) is 0 Å². The molecule has 0 bridgehead atoms. The van der Waals surface area contributed by atoms with E-state index in [1.165, 1.54) is 18.2 Å². The molecule has 0 amide bonds. The zero-order chi connectivity index (χ0) is 10.8. The van der Waals surface area contributed by atoms with E-state index in [0.717, 1.165) is 0 Å². The first-order chi connectivity index (χ1) is 6.46. The Morgan fingerprint density at radius 2 is 2.14 bits per heavy atom. The number of benzene rings is 1. The highest BCUT2D eigenvalue weighted by Gasteiger charge is 2.15. The zero-order valence-electron chi connectivity index (χ0n) is 7.47. The Morgan fingerprint density at radius 1 is 1.50 bits per heavy atom. The van der Waals surface area contributed by atoms with Crippen molar-refractivity contribution < 1.29 is 13.0 Å². The summed E-state index contributed by atoms with van der Waals surface area (Å²) in [4.78, 5) is -0.155. The molecule has 1 aromatic rings. The molecule has 0 aliphatic carbocycles. The van der Waals surface area contributed by atoms with Gasteiger partial charge in [0.25, 0.3) is 10.1 Å². The number of hydrogen-bond donors (Lipinski definition) is 2. The van der Waals surface area contributed by atoms with Crippen LogP contribution in [-0.2, 0) is 16.5 Å². The largest absolute Gasteiger partial charge is 0.398 e. The van der Waals surface area contributed by atoms with Crippen LogP contribution in [0.1, 0.15) is 5.56 Å². The first-order valence-electron chi connectivity index (χ1n) is 3.92. The lowest BCUT2D eigenvalue weighted by Gasteiger charge is -2.07. The van der Waals surface area contributed by atoms with Crippen molar-refractivity contribution in [3.8, 4) is 0 Å². The van der Waals surface area contributed by atoms with Crippen molar-refractivity contribution in [1.29, 1.82) is 0 Å². The van der Waals surface area contributed by atoms with Gasteiger partial charge in [-0.15, -0.1) is 6.58 Å². The number of nitrogens with two attached hydrogens (primary N) is 1. The third-order valence-corrected chi connectivity index (χ3v) is 2.73. The topological polar surface area (TPSA) is 80.4 Å². The van der Waals surface area contributed by atoms with Crippen molar-refractivity contribution in [3.05, 3.63) is 36.4 Å². The maximum atomic E-state index is 10.9. The van der Waals surface area contributed by atoms with E-state index in [9.17, 15) is 8.42 Å². The van der Waals surface area contributed by atoms with E-state index in [4.69, 9.17) is 10.3 Å². The second kappa shape index (κ2) is 3.81. The number of hydrogen-bond acceptors (Lipinski definition) is 3. The number of anilines is 1. The number of allylic oxidation sites excluding steroid dienone is 1. The van der Waals surface area contributed by atoms with Crippen LogP contribution >= 0.6 is 0 Å². The Morgan fingerprint density at radius 3 is 2.64 bits per heavy atom. The molecule has 0 saturated carbocycles.